The highest BCUT2D eigenvalue weighted by Crippen LogP contribution is 2.23. The first-order valence-electron chi connectivity index (χ1n) is 8.14. The van der Waals surface area contributed by atoms with Gasteiger partial charge in [-0.1, -0.05) is 23.7 Å². The molecule has 0 amide bonds. The second kappa shape index (κ2) is 11.1. The number of hydrogen-bond acceptors (Lipinski definition) is 3. The van der Waals surface area contributed by atoms with Gasteiger partial charge in [0, 0.05) is 37.7 Å². The Morgan fingerprint density at radius 2 is 2.04 bits per heavy atom. The van der Waals surface area contributed by atoms with Crippen molar-refractivity contribution in [2.45, 2.75) is 25.9 Å². The minimum absolute atomic E-state index is 0. The molecule has 5 nitrogen and oxygen atoms in total. The summed E-state index contributed by atoms with van der Waals surface area (Å²) in [5.41, 5.74) is 1.21. The van der Waals surface area contributed by atoms with E-state index in [-0.39, 0.29) is 30.0 Å². The van der Waals surface area contributed by atoms with Crippen molar-refractivity contribution in [3.63, 3.8) is 0 Å². The standard InChI is InChI=1S/C17H27ClN4O.HI/c1-13(2)21-17(19-3)20-12-16(22-7-9-23-10-8-22)14-5-4-6-15(18)11-14;/h4-6,11,13,16H,7-10,12H2,1-3H3,(H2,19,20,21);1H. The molecule has 1 aromatic rings. The first-order chi connectivity index (χ1) is 11.1. The fourth-order valence-electron chi connectivity index (χ4n) is 2.72. The smallest absolute Gasteiger partial charge is 0.191 e. The number of halogens is 2. The van der Waals surface area contributed by atoms with E-state index in [9.17, 15) is 0 Å². The fourth-order valence-corrected chi connectivity index (χ4v) is 2.92. The molecule has 0 spiro atoms. The highest BCUT2D eigenvalue weighted by molar-refractivity contribution is 14.0. The van der Waals surface area contributed by atoms with Gasteiger partial charge in [-0.25, -0.2) is 0 Å². The van der Waals surface area contributed by atoms with E-state index in [1.165, 1.54) is 5.56 Å². The van der Waals surface area contributed by atoms with E-state index in [2.05, 4.69) is 40.4 Å². The van der Waals surface area contributed by atoms with Gasteiger partial charge in [0.25, 0.3) is 0 Å². The van der Waals surface area contributed by atoms with Gasteiger partial charge in [0.1, 0.15) is 0 Å². The molecule has 0 bridgehead atoms. The normalized spacial score (nSPS) is 17.3. The van der Waals surface area contributed by atoms with Gasteiger partial charge in [-0.2, -0.15) is 0 Å². The molecule has 7 heteroatoms. The molecule has 0 radical (unpaired) electrons. The average Bonchev–Trinajstić information content (AvgIpc) is 2.54. The third-order valence-electron chi connectivity index (χ3n) is 3.83. The summed E-state index contributed by atoms with van der Waals surface area (Å²) in [5, 5.41) is 7.52. The van der Waals surface area contributed by atoms with Gasteiger partial charge in [0.2, 0.25) is 0 Å². The summed E-state index contributed by atoms with van der Waals surface area (Å²) in [7, 11) is 1.79. The maximum Gasteiger partial charge on any atom is 0.191 e. The molecular weight excluding hydrogens is 439 g/mol. The topological polar surface area (TPSA) is 48.9 Å². The zero-order valence-corrected chi connectivity index (χ0v) is 17.7. The van der Waals surface area contributed by atoms with Crippen LogP contribution in [0.2, 0.25) is 5.02 Å². The van der Waals surface area contributed by atoms with Crippen molar-refractivity contribution < 1.29 is 4.74 Å². The quantitative estimate of drug-likeness (QED) is 0.398. The van der Waals surface area contributed by atoms with Crippen LogP contribution in [0.5, 0.6) is 0 Å². The largest absolute Gasteiger partial charge is 0.379 e. The molecule has 0 saturated carbocycles. The Kier molecular flexibility index (Phi) is 9.95. The van der Waals surface area contributed by atoms with Crippen molar-refractivity contribution in [2.24, 2.45) is 4.99 Å². The second-order valence-electron chi connectivity index (χ2n) is 5.97. The number of hydrogen-bond donors (Lipinski definition) is 2. The van der Waals surface area contributed by atoms with E-state index in [4.69, 9.17) is 16.3 Å². The number of nitrogens with zero attached hydrogens (tertiary/aromatic N) is 2. The summed E-state index contributed by atoms with van der Waals surface area (Å²) in [6, 6.07) is 8.67. The molecule has 0 aliphatic carbocycles. The van der Waals surface area contributed by atoms with E-state index < -0.39 is 0 Å². The summed E-state index contributed by atoms with van der Waals surface area (Å²) in [4.78, 5) is 6.72. The monoisotopic (exact) mass is 466 g/mol. The zero-order chi connectivity index (χ0) is 16.7. The van der Waals surface area contributed by atoms with E-state index in [0.29, 0.717) is 6.04 Å². The van der Waals surface area contributed by atoms with Crippen LogP contribution in [-0.4, -0.2) is 56.8 Å². The number of benzene rings is 1. The van der Waals surface area contributed by atoms with Gasteiger partial charge in [-0.15, -0.1) is 24.0 Å². The molecule has 2 N–H and O–H groups in total. The minimum atomic E-state index is 0. The summed E-state index contributed by atoms with van der Waals surface area (Å²) in [5.74, 6) is 0.820. The molecule has 136 valence electrons. The van der Waals surface area contributed by atoms with Crippen LogP contribution in [0, 0.1) is 0 Å². The highest BCUT2D eigenvalue weighted by atomic mass is 127. The summed E-state index contributed by atoms with van der Waals surface area (Å²) >= 11 is 6.19. The van der Waals surface area contributed by atoms with Crippen molar-refractivity contribution in [1.82, 2.24) is 15.5 Å². The van der Waals surface area contributed by atoms with Crippen LogP contribution in [0.1, 0.15) is 25.5 Å². The van der Waals surface area contributed by atoms with Crippen LogP contribution in [-0.2, 0) is 4.74 Å². The minimum Gasteiger partial charge on any atom is -0.379 e. The second-order valence-corrected chi connectivity index (χ2v) is 6.41. The van der Waals surface area contributed by atoms with Gasteiger partial charge < -0.3 is 15.4 Å². The Hall–Kier alpha value is -0.570. The molecule has 1 aliphatic rings. The lowest BCUT2D eigenvalue weighted by Crippen LogP contribution is -2.47. The molecular formula is C17H28ClIN4O. The van der Waals surface area contributed by atoms with Crippen LogP contribution >= 0.6 is 35.6 Å². The molecule has 1 atom stereocenters. The molecule has 1 fully saturated rings. The van der Waals surface area contributed by atoms with Crippen LogP contribution < -0.4 is 10.6 Å². The van der Waals surface area contributed by atoms with Crippen molar-refractivity contribution in [2.75, 3.05) is 39.9 Å². The van der Waals surface area contributed by atoms with Gasteiger partial charge in [-0.3, -0.25) is 9.89 Å². The third kappa shape index (κ3) is 6.74. The Morgan fingerprint density at radius 1 is 1.33 bits per heavy atom. The summed E-state index contributed by atoms with van der Waals surface area (Å²) < 4.78 is 5.48. The van der Waals surface area contributed by atoms with Crippen LogP contribution in [0.3, 0.4) is 0 Å². The lowest BCUT2D eigenvalue weighted by Gasteiger charge is -2.35. The average molecular weight is 467 g/mol. The van der Waals surface area contributed by atoms with Crippen molar-refractivity contribution >= 4 is 41.5 Å². The van der Waals surface area contributed by atoms with E-state index in [1.807, 2.05) is 18.2 Å². The molecule has 24 heavy (non-hydrogen) atoms. The van der Waals surface area contributed by atoms with Gasteiger partial charge >= 0.3 is 0 Å². The molecule has 0 aromatic heterocycles. The van der Waals surface area contributed by atoms with Crippen LogP contribution in [0.15, 0.2) is 29.3 Å². The fraction of sp³-hybridized carbons (Fsp3) is 0.588. The van der Waals surface area contributed by atoms with Crippen molar-refractivity contribution in [1.29, 1.82) is 0 Å². The predicted molar refractivity (Wildman–Crippen MR) is 112 cm³/mol. The Labute approximate surface area is 167 Å². The van der Waals surface area contributed by atoms with Crippen LogP contribution in [0.25, 0.3) is 0 Å². The maximum absolute atomic E-state index is 6.19. The molecule has 1 saturated heterocycles. The first kappa shape index (κ1) is 21.5. The van der Waals surface area contributed by atoms with E-state index in [1.54, 1.807) is 7.05 Å². The Morgan fingerprint density at radius 3 is 2.62 bits per heavy atom. The molecule has 2 rings (SSSR count). The predicted octanol–water partition coefficient (Wildman–Crippen LogP) is 2.90. The molecule has 1 unspecified atom stereocenters. The van der Waals surface area contributed by atoms with Crippen LogP contribution in [0.4, 0.5) is 0 Å². The Bertz CT molecular complexity index is 521. The zero-order valence-electron chi connectivity index (χ0n) is 14.6. The lowest BCUT2D eigenvalue weighted by molar-refractivity contribution is 0.0170. The number of aliphatic imine (C=N–C) groups is 1. The molecule has 1 aliphatic heterocycles. The number of rotatable bonds is 5. The summed E-state index contributed by atoms with van der Waals surface area (Å²) in [6.45, 7) is 8.37. The highest BCUT2D eigenvalue weighted by Gasteiger charge is 2.23. The van der Waals surface area contributed by atoms with E-state index >= 15 is 0 Å². The third-order valence-corrected chi connectivity index (χ3v) is 4.07. The number of ether oxygens (including phenoxy) is 1. The van der Waals surface area contributed by atoms with Crippen molar-refractivity contribution in [3.8, 4) is 0 Å². The first-order valence-corrected chi connectivity index (χ1v) is 8.52. The number of morpholine rings is 1. The van der Waals surface area contributed by atoms with Gasteiger partial charge in [-0.05, 0) is 31.5 Å². The molecule has 1 aromatic carbocycles. The number of guanidine groups is 1. The SMILES string of the molecule is CN=C(NCC(c1cccc(Cl)c1)N1CCOCC1)NC(C)C.I. The number of nitrogens with one attached hydrogen (secondary N) is 2. The van der Waals surface area contributed by atoms with Gasteiger partial charge in [0.05, 0.1) is 19.3 Å². The summed E-state index contributed by atoms with van der Waals surface area (Å²) in [6.07, 6.45) is 0. The van der Waals surface area contributed by atoms with E-state index in [0.717, 1.165) is 43.8 Å². The van der Waals surface area contributed by atoms with Gasteiger partial charge in [0.15, 0.2) is 5.96 Å². The maximum atomic E-state index is 6.19. The Balaban J connectivity index is 0.00000288. The van der Waals surface area contributed by atoms with Crippen molar-refractivity contribution in [3.05, 3.63) is 34.9 Å². The lowest BCUT2D eigenvalue weighted by atomic mass is 10.0. The molecule has 1 heterocycles.